The molecule has 0 bridgehead atoms. The molecular weight excluding hydrogens is 525 g/mol. The average molecular weight is 550 g/mol. The van der Waals surface area contributed by atoms with Crippen molar-refractivity contribution in [2.75, 3.05) is 43.4 Å². The van der Waals surface area contributed by atoms with Gasteiger partial charge >= 0.3 is 0 Å². The molecule has 1 aromatic carbocycles. The molecular formula is C28H24FN11O. The lowest BCUT2D eigenvalue weighted by Gasteiger charge is -2.36. The van der Waals surface area contributed by atoms with Crippen LogP contribution in [0.5, 0.6) is 0 Å². The molecule has 0 amide bonds. The number of hydrogen-bond donors (Lipinski definition) is 1. The number of nitrogen functional groups attached to an aromatic ring is 1. The van der Waals surface area contributed by atoms with Crippen molar-refractivity contribution >= 4 is 28.3 Å². The molecule has 0 atom stereocenters. The van der Waals surface area contributed by atoms with Crippen molar-refractivity contribution in [3.63, 3.8) is 0 Å². The number of oxazole rings is 1. The van der Waals surface area contributed by atoms with Gasteiger partial charge in [0.1, 0.15) is 35.2 Å². The molecule has 204 valence electrons. The SMILES string of the molecule is N#Cc1cc2c(nc(N)n3nc(-c4ccccn4)nc23)n1CCN1CCN(c2cc(-c3ncco3)ccc2F)CC1. The van der Waals surface area contributed by atoms with E-state index in [4.69, 9.17) is 10.2 Å². The molecule has 1 fully saturated rings. The van der Waals surface area contributed by atoms with Gasteiger partial charge in [0.2, 0.25) is 17.7 Å². The summed E-state index contributed by atoms with van der Waals surface area (Å²) in [5, 5.41) is 15.1. The van der Waals surface area contributed by atoms with E-state index in [9.17, 15) is 9.65 Å². The zero-order valence-electron chi connectivity index (χ0n) is 21.9. The molecule has 13 heteroatoms. The smallest absolute Gasteiger partial charge is 0.225 e. The van der Waals surface area contributed by atoms with Crippen LogP contribution in [0.2, 0.25) is 0 Å². The highest BCUT2D eigenvalue weighted by molar-refractivity contribution is 5.92. The Balaban J connectivity index is 1.10. The maximum Gasteiger partial charge on any atom is 0.225 e. The van der Waals surface area contributed by atoms with Gasteiger partial charge in [0.05, 0.1) is 17.3 Å². The highest BCUT2D eigenvalue weighted by Crippen LogP contribution is 2.28. The largest absolute Gasteiger partial charge is 0.445 e. The fourth-order valence-electron chi connectivity index (χ4n) is 5.26. The molecule has 1 aliphatic rings. The van der Waals surface area contributed by atoms with E-state index in [2.05, 4.69) is 36.0 Å². The highest BCUT2D eigenvalue weighted by atomic mass is 19.1. The summed E-state index contributed by atoms with van der Waals surface area (Å²) < 4.78 is 23.5. The van der Waals surface area contributed by atoms with Gasteiger partial charge in [-0.25, -0.2) is 14.4 Å². The number of nitriles is 1. The molecule has 0 radical (unpaired) electrons. The van der Waals surface area contributed by atoms with Gasteiger partial charge < -0.3 is 19.6 Å². The summed E-state index contributed by atoms with van der Waals surface area (Å²) in [4.78, 5) is 22.1. The lowest BCUT2D eigenvalue weighted by molar-refractivity contribution is 0.248. The molecule has 6 heterocycles. The van der Waals surface area contributed by atoms with E-state index in [1.54, 1.807) is 30.6 Å². The van der Waals surface area contributed by atoms with E-state index < -0.39 is 0 Å². The summed E-state index contributed by atoms with van der Waals surface area (Å²) in [6.07, 6.45) is 4.75. The van der Waals surface area contributed by atoms with Crippen LogP contribution in [0, 0.1) is 17.1 Å². The summed E-state index contributed by atoms with van der Waals surface area (Å²) in [6.45, 7) is 4.01. The molecule has 6 aromatic rings. The first-order valence-electron chi connectivity index (χ1n) is 13.1. The molecule has 0 aliphatic carbocycles. The minimum Gasteiger partial charge on any atom is -0.445 e. The number of piperazine rings is 1. The highest BCUT2D eigenvalue weighted by Gasteiger charge is 2.23. The number of anilines is 2. The van der Waals surface area contributed by atoms with Gasteiger partial charge in [-0.3, -0.25) is 9.88 Å². The zero-order chi connectivity index (χ0) is 27.9. The Labute approximate surface area is 233 Å². The molecule has 2 N–H and O–H groups in total. The molecule has 5 aromatic heterocycles. The number of aromatic nitrogens is 7. The normalized spacial score (nSPS) is 14.2. The van der Waals surface area contributed by atoms with Crippen molar-refractivity contribution in [2.45, 2.75) is 6.54 Å². The van der Waals surface area contributed by atoms with Crippen molar-refractivity contribution in [1.82, 2.24) is 39.0 Å². The fourth-order valence-corrected chi connectivity index (χ4v) is 5.26. The third kappa shape index (κ3) is 4.40. The molecule has 41 heavy (non-hydrogen) atoms. The van der Waals surface area contributed by atoms with E-state index in [0.717, 1.165) is 18.7 Å². The predicted octanol–water partition coefficient (Wildman–Crippen LogP) is 3.21. The van der Waals surface area contributed by atoms with Gasteiger partial charge in [-0.1, -0.05) is 6.07 Å². The van der Waals surface area contributed by atoms with Crippen LogP contribution in [0.1, 0.15) is 5.69 Å². The Morgan fingerprint density at radius 3 is 2.61 bits per heavy atom. The molecule has 12 nitrogen and oxygen atoms in total. The molecule has 0 spiro atoms. The van der Waals surface area contributed by atoms with Crippen LogP contribution in [0.25, 0.3) is 39.7 Å². The predicted molar refractivity (Wildman–Crippen MR) is 149 cm³/mol. The van der Waals surface area contributed by atoms with Crippen molar-refractivity contribution < 1.29 is 8.81 Å². The summed E-state index contributed by atoms with van der Waals surface area (Å²) in [7, 11) is 0. The first-order chi connectivity index (χ1) is 20.1. The lowest BCUT2D eigenvalue weighted by Crippen LogP contribution is -2.47. The summed E-state index contributed by atoms with van der Waals surface area (Å²) >= 11 is 0. The molecule has 1 aliphatic heterocycles. The average Bonchev–Trinajstić information content (AvgIpc) is 3.77. The van der Waals surface area contributed by atoms with Crippen LogP contribution >= 0.6 is 0 Å². The summed E-state index contributed by atoms with van der Waals surface area (Å²) in [5.41, 5.74) is 9.72. The number of halogens is 1. The van der Waals surface area contributed by atoms with Gasteiger partial charge in [0.15, 0.2) is 5.65 Å². The maximum absolute atomic E-state index is 14.7. The second-order valence-electron chi connectivity index (χ2n) is 9.72. The standard InChI is InChI=1S/C28H24FN11O/c29-21-5-4-18(27-33-7-14-41-27)15-23(21)38-11-8-37(9-12-38)10-13-39-19(17-30)16-20-25(39)35-28(31)40-26(20)34-24(36-40)22-3-1-2-6-32-22/h1-7,14-16H,8-13H2,(H2,31,35). The first kappa shape index (κ1) is 24.7. The van der Waals surface area contributed by atoms with Gasteiger partial charge in [-0.2, -0.15) is 14.8 Å². The van der Waals surface area contributed by atoms with Crippen LogP contribution in [0.3, 0.4) is 0 Å². The first-order valence-corrected chi connectivity index (χ1v) is 13.1. The zero-order valence-corrected chi connectivity index (χ0v) is 21.9. The van der Waals surface area contributed by atoms with Crippen LogP contribution in [0.4, 0.5) is 16.0 Å². The van der Waals surface area contributed by atoms with Gasteiger partial charge in [0, 0.05) is 51.0 Å². The van der Waals surface area contributed by atoms with E-state index in [0.29, 0.717) is 71.6 Å². The van der Waals surface area contributed by atoms with Crippen molar-refractivity contribution in [1.29, 1.82) is 5.26 Å². The summed E-state index contributed by atoms with van der Waals surface area (Å²) in [5.74, 6) is 0.787. The van der Waals surface area contributed by atoms with Crippen LogP contribution in [-0.2, 0) is 6.54 Å². The van der Waals surface area contributed by atoms with Crippen LogP contribution in [0.15, 0.2) is 65.5 Å². The van der Waals surface area contributed by atoms with Gasteiger partial charge in [0.25, 0.3) is 0 Å². The topological polar surface area (TPSA) is 143 Å². The Morgan fingerprint density at radius 2 is 1.85 bits per heavy atom. The van der Waals surface area contributed by atoms with Gasteiger partial charge in [-0.15, -0.1) is 5.10 Å². The third-order valence-corrected chi connectivity index (χ3v) is 7.34. The van der Waals surface area contributed by atoms with Crippen LogP contribution < -0.4 is 10.6 Å². The van der Waals surface area contributed by atoms with Gasteiger partial charge in [-0.05, 0) is 36.4 Å². The van der Waals surface area contributed by atoms with E-state index in [-0.39, 0.29) is 11.8 Å². The number of nitrogens with zero attached hydrogens (tertiary/aromatic N) is 10. The Hall–Kier alpha value is -5.35. The minimum atomic E-state index is -0.277. The fraction of sp³-hybridized carbons (Fsp3) is 0.214. The second kappa shape index (κ2) is 10.00. The molecule has 0 saturated carbocycles. The molecule has 7 rings (SSSR count). The monoisotopic (exact) mass is 549 g/mol. The Kier molecular flexibility index (Phi) is 6.02. The van der Waals surface area contributed by atoms with Crippen molar-refractivity contribution in [3.05, 3.63) is 72.6 Å². The number of fused-ring (bicyclic) bond motifs is 3. The summed E-state index contributed by atoms with van der Waals surface area (Å²) in [6, 6.07) is 14.5. The second-order valence-corrected chi connectivity index (χ2v) is 9.72. The maximum atomic E-state index is 14.7. The lowest BCUT2D eigenvalue weighted by atomic mass is 10.1. The Morgan fingerprint density at radius 1 is 0.976 bits per heavy atom. The number of pyridine rings is 1. The minimum absolute atomic E-state index is 0.175. The number of benzene rings is 1. The molecule has 0 unspecified atom stereocenters. The quantitative estimate of drug-likeness (QED) is 0.329. The van der Waals surface area contributed by atoms with Crippen molar-refractivity contribution in [2.24, 2.45) is 0 Å². The van der Waals surface area contributed by atoms with Crippen LogP contribution in [-0.4, -0.2) is 71.7 Å². The van der Waals surface area contributed by atoms with E-state index in [1.807, 2.05) is 27.7 Å². The number of rotatable bonds is 6. The van der Waals surface area contributed by atoms with E-state index >= 15 is 0 Å². The van der Waals surface area contributed by atoms with E-state index in [1.165, 1.54) is 16.8 Å². The number of nitrogens with two attached hydrogens (primary N) is 1. The third-order valence-electron chi connectivity index (χ3n) is 7.34. The number of hydrogen-bond acceptors (Lipinski definition) is 10. The van der Waals surface area contributed by atoms with Crippen molar-refractivity contribution in [3.8, 4) is 29.0 Å². The molecule has 1 saturated heterocycles. The Bertz CT molecular complexity index is 1900.